The van der Waals surface area contributed by atoms with E-state index in [4.69, 9.17) is 4.99 Å². The Morgan fingerprint density at radius 2 is 1.62 bits per heavy atom. The molecule has 220 valence electrons. The first-order chi connectivity index (χ1) is 22.2. The predicted molar refractivity (Wildman–Crippen MR) is 189 cm³/mol. The normalized spacial score (nSPS) is 27.9. The molecule has 4 aromatic rings. The summed E-state index contributed by atoms with van der Waals surface area (Å²) in [5.41, 5.74) is 10.8. The Hall–Kier alpha value is -4.41. The Morgan fingerprint density at radius 3 is 2.49 bits per heavy atom. The molecule has 1 aromatic heterocycles. The lowest BCUT2D eigenvalue weighted by Gasteiger charge is -2.36. The van der Waals surface area contributed by atoms with Crippen molar-refractivity contribution in [2.75, 3.05) is 0 Å². The molecule has 2 aliphatic heterocycles. The van der Waals surface area contributed by atoms with Gasteiger partial charge in [0.2, 0.25) is 0 Å². The van der Waals surface area contributed by atoms with Crippen LogP contribution in [0.5, 0.6) is 0 Å². The first kappa shape index (κ1) is 26.9. The summed E-state index contributed by atoms with van der Waals surface area (Å²) in [6.45, 7) is 2.35. The summed E-state index contributed by atoms with van der Waals surface area (Å²) in [5.74, 6) is 1.26. The number of fused-ring (bicyclic) bond motifs is 7. The number of hydrogen-bond acceptors (Lipinski definition) is 4. The quantitative estimate of drug-likeness (QED) is 0.254. The van der Waals surface area contributed by atoms with Gasteiger partial charge in [-0.25, -0.2) is 0 Å². The maximum absolute atomic E-state index is 5.61. The Kier molecular flexibility index (Phi) is 6.52. The number of pyridine rings is 1. The van der Waals surface area contributed by atoms with Crippen LogP contribution in [-0.2, 0) is 6.42 Å². The maximum atomic E-state index is 5.61. The van der Waals surface area contributed by atoms with Crippen molar-refractivity contribution in [2.45, 2.75) is 37.1 Å². The third-order valence-corrected chi connectivity index (χ3v) is 11.6. The lowest BCUT2D eigenvalue weighted by molar-refractivity contribution is 0.416. The summed E-state index contributed by atoms with van der Waals surface area (Å²) >= 11 is 1.95. The van der Waals surface area contributed by atoms with Gasteiger partial charge in [-0.2, -0.15) is 0 Å². The highest BCUT2D eigenvalue weighted by molar-refractivity contribution is 8.15. The van der Waals surface area contributed by atoms with Crippen LogP contribution < -0.4 is 5.32 Å². The number of nitrogens with one attached hydrogen (secondary N) is 1. The minimum atomic E-state index is -0.0181. The minimum Gasteiger partial charge on any atom is -0.366 e. The van der Waals surface area contributed by atoms with Crippen LogP contribution in [0.15, 0.2) is 144 Å². The molecule has 45 heavy (non-hydrogen) atoms. The highest BCUT2D eigenvalue weighted by atomic mass is 32.2. The predicted octanol–water partition coefficient (Wildman–Crippen LogP) is 9.28. The molecule has 3 aliphatic carbocycles. The average Bonchev–Trinajstić information content (AvgIpc) is 3.38. The number of allylic oxidation sites excluding steroid dienone is 7. The van der Waals surface area contributed by atoms with Crippen molar-refractivity contribution >= 4 is 33.2 Å². The Morgan fingerprint density at radius 1 is 0.822 bits per heavy atom. The molecule has 5 aliphatic rings. The van der Waals surface area contributed by atoms with Crippen LogP contribution in [-0.4, -0.2) is 21.4 Å². The average molecular weight is 602 g/mol. The van der Waals surface area contributed by atoms with Gasteiger partial charge in [-0.05, 0) is 81.1 Å². The molecule has 6 unspecified atom stereocenters. The molecular weight excluding hydrogens is 567 g/mol. The van der Waals surface area contributed by atoms with E-state index < -0.39 is 0 Å². The highest BCUT2D eigenvalue weighted by Crippen LogP contribution is 2.50. The molecule has 9 rings (SSSR count). The maximum Gasteiger partial charge on any atom is 0.126 e. The number of thioether (sulfide) groups is 1. The van der Waals surface area contributed by atoms with Crippen LogP contribution in [0, 0.1) is 17.8 Å². The van der Waals surface area contributed by atoms with E-state index in [9.17, 15) is 0 Å². The number of nitrogens with zero attached hydrogens (tertiary/aromatic N) is 2. The largest absolute Gasteiger partial charge is 0.366 e. The standard InChI is InChI=1S/C41H35N3S/c1-25-8-2-5-11-31(25)39-38-36-24-29(26-18-20-42-21-19-26)15-17-37(36)45-41(38)44-40(43-39)34-16-14-30-22-27-9-3-4-10-28(27)23-35(30)33-13-7-6-12-32(33)34/h2-13,15,17-25,31,34,36-37,40,43H,14,16H2,1H3. The van der Waals surface area contributed by atoms with E-state index in [1.165, 1.54) is 60.5 Å². The van der Waals surface area contributed by atoms with Crippen LogP contribution in [0.1, 0.15) is 36.0 Å². The second-order valence-electron chi connectivity index (χ2n) is 12.9. The van der Waals surface area contributed by atoms with E-state index in [1.54, 1.807) is 0 Å². The smallest absolute Gasteiger partial charge is 0.126 e. The zero-order valence-corrected chi connectivity index (χ0v) is 26.1. The zero-order chi connectivity index (χ0) is 29.9. The van der Waals surface area contributed by atoms with Gasteiger partial charge < -0.3 is 5.32 Å². The summed E-state index contributed by atoms with van der Waals surface area (Å²) in [6, 6.07) is 26.9. The number of rotatable bonds is 3. The Labute approximate surface area is 269 Å². The van der Waals surface area contributed by atoms with Gasteiger partial charge in [-0.3, -0.25) is 9.98 Å². The molecular formula is C41H35N3S. The van der Waals surface area contributed by atoms with Crippen molar-refractivity contribution in [3.63, 3.8) is 0 Å². The van der Waals surface area contributed by atoms with Crippen molar-refractivity contribution in [3.8, 4) is 11.1 Å². The van der Waals surface area contributed by atoms with Crippen molar-refractivity contribution in [1.29, 1.82) is 0 Å². The molecule has 3 nitrogen and oxygen atoms in total. The topological polar surface area (TPSA) is 37.3 Å². The van der Waals surface area contributed by atoms with Gasteiger partial charge in [0, 0.05) is 46.7 Å². The summed E-state index contributed by atoms with van der Waals surface area (Å²) in [5, 5.41) is 8.35. The molecule has 1 N–H and O–H groups in total. The van der Waals surface area contributed by atoms with E-state index in [-0.39, 0.29) is 18.0 Å². The molecule has 0 bridgehead atoms. The first-order valence-electron chi connectivity index (χ1n) is 16.2. The van der Waals surface area contributed by atoms with Gasteiger partial charge in [0.25, 0.3) is 0 Å². The highest BCUT2D eigenvalue weighted by Gasteiger charge is 2.44. The van der Waals surface area contributed by atoms with E-state index in [0.29, 0.717) is 17.1 Å². The van der Waals surface area contributed by atoms with Gasteiger partial charge in [0.1, 0.15) is 6.17 Å². The van der Waals surface area contributed by atoms with Gasteiger partial charge in [-0.1, -0.05) is 116 Å². The summed E-state index contributed by atoms with van der Waals surface area (Å²) in [7, 11) is 0. The third kappa shape index (κ3) is 4.57. The van der Waals surface area contributed by atoms with Gasteiger partial charge >= 0.3 is 0 Å². The number of aryl methyl sites for hydroxylation is 1. The Balaban J connectivity index is 1.14. The fraction of sp³-hybridized carbons (Fsp3) is 0.220. The fourth-order valence-corrected chi connectivity index (χ4v) is 9.36. The molecule has 1 saturated heterocycles. The van der Waals surface area contributed by atoms with Crippen molar-refractivity contribution in [3.05, 3.63) is 156 Å². The van der Waals surface area contributed by atoms with Crippen molar-refractivity contribution in [1.82, 2.24) is 10.3 Å². The van der Waals surface area contributed by atoms with Gasteiger partial charge in [0.15, 0.2) is 0 Å². The van der Waals surface area contributed by atoms with Crippen molar-refractivity contribution < 1.29 is 0 Å². The fourth-order valence-electron chi connectivity index (χ4n) is 8.03. The lowest BCUT2D eigenvalue weighted by Crippen LogP contribution is -2.41. The monoisotopic (exact) mass is 601 g/mol. The number of hydrogen-bond donors (Lipinski definition) is 1. The second-order valence-corrected chi connectivity index (χ2v) is 14.1. The molecule has 0 amide bonds. The molecule has 6 atom stereocenters. The van der Waals surface area contributed by atoms with Gasteiger partial charge in [0.05, 0.1) is 5.04 Å². The van der Waals surface area contributed by atoms with Crippen LogP contribution in [0.2, 0.25) is 0 Å². The van der Waals surface area contributed by atoms with E-state index in [2.05, 4.69) is 133 Å². The molecule has 3 aromatic carbocycles. The minimum absolute atomic E-state index is 0.0181. The van der Waals surface area contributed by atoms with Gasteiger partial charge in [-0.15, -0.1) is 0 Å². The van der Waals surface area contributed by atoms with E-state index in [0.717, 1.165) is 12.8 Å². The van der Waals surface area contributed by atoms with Crippen molar-refractivity contribution in [2.24, 2.45) is 22.7 Å². The zero-order valence-electron chi connectivity index (χ0n) is 25.3. The molecule has 0 spiro atoms. The Bertz CT molecular complexity index is 2010. The molecule has 0 saturated carbocycles. The molecule has 1 fully saturated rings. The number of benzene rings is 3. The SMILES string of the molecule is CC1C=CC=CC1C1=C2C(=NC(C3CCc4cc5ccccc5cc4-c4ccccc43)N1)SC1C=CC(c3ccncc3)=CC21. The van der Waals surface area contributed by atoms with E-state index >= 15 is 0 Å². The molecule has 3 heterocycles. The molecule has 0 radical (unpaired) electrons. The number of aliphatic imine (C=N–C) groups is 1. The van der Waals surface area contributed by atoms with Crippen LogP contribution >= 0.6 is 11.8 Å². The summed E-state index contributed by atoms with van der Waals surface area (Å²) in [6.07, 6.45) is 22.2. The van der Waals surface area contributed by atoms with Crippen LogP contribution in [0.25, 0.3) is 27.5 Å². The molecule has 4 heteroatoms. The lowest BCUT2D eigenvalue weighted by atomic mass is 9.79. The second kappa shape index (κ2) is 10.9. The van der Waals surface area contributed by atoms with E-state index in [1.807, 2.05) is 24.2 Å². The van der Waals surface area contributed by atoms with Crippen LogP contribution in [0.3, 0.4) is 0 Å². The third-order valence-electron chi connectivity index (χ3n) is 10.3. The first-order valence-corrected chi connectivity index (χ1v) is 17.1. The van der Waals surface area contributed by atoms with Crippen LogP contribution in [0.4, 0.5) is 0 Å². The summed E-state index contributed by atoms with van der Waals surface area (Å²) in [4.78, 5) is 9.86. The number of aromatic nitrogens is 1. The summed E-state index contributed by atoms with van der Waals surface area (Å²) < 4.78 is 0.